The van der Waals surface area contributed by atoms with Crippen LogP contribution in [0.25, 0.3) is 16.8 Å². The number of aromatic amines is 1. The molecule has 0 saturated carbocycles. The van der Waals surface area contributed by atoms with Gasteiger partial charge in [0.15, 0.2) is 5.16 Å². The number of nitrogens with zero attached hydrogens (tertiary/aromatic N) is 4. The number of rotatable bonds is 4. The van der Waals surface area contributed by atoms with Gasteiger partial charge in [0.2, 0.25) is 11.7 Å². The van der Waals surface area contributed by atoms with E-state index >= 15 is 0 Å². The van der Waals surface area contributed by atoms with E-state index in [1.54, 1.807) is 11.9 Å². The monoisotopic (exact) mass is 351 g/mol. The first-order chi connectivity index (χ1) is 12.1. The van der Waals surface area contributed by atoms with Crippen molar-refractivity contribution in [1.82, 2.24) is 19.6 Å². The zero-order chi connectivity index (χ0) is 17.4. The van der Waals surface area contributed by atoms with Crippen molar-refractivity contribution in [2.45, 2.75) is 17.3 Å². The number of hydrogen-bond donors (Lipinski definition) is 1. The van der Waals surface area contributed by atoms with Gasteiger partial charge in [0.1, 0.15) is 0 Å². The largest absolute Gasteiger partial charge is 0.315 e. The molecule has 4 rings (SSSR count). The van der Waals surface area contributed by atoms with Crippen LogP contribution in [-0.2, 0) is 4.79 Å². The van der Waals surface area contributed by atoms with Gasteiger partial charge in [-0.25, -0.2) is 10.1 Å². The molecule has 6 nitrogen and oxygen atoms in total. The first-order valence-electron chi connectivity index (χ1n) is 7.96. The molecule has 2 aromatic heterocycles. The predicted molar refractivity (Wildman–Crippen MR) is 100 cm³/mol. The van der Waals surface area contributed by atoms with Crippen LogP contribution in [0.2, 0.25) is 0 Å². The van der Waals surface area contributed by atoms with E-state index in [2.05, 4.69) is 15.2 Å². The second-order valence-electron chi connectivity index (χ2n) is 5.76. The highest BCUT2D eigenvalue weighted by Gasteiger charge is 2.23. The lowest BCUT2D eigenvalue weighted by Crippen LogP contribution is -2.33. The van der Waals surface area contributed by atoms with Crippen molar-refractivity contribution < 1.29 is 4.79 Å². The van der Waals surface area contributed by atoms with Crippen molar-refractivity contribution >= 4 is 40.2 Å². The number of carbonyl (C=O) groups excluding carboxylic acids is 1. The van der Waals surface area contributed by atoms with Crippen molar-refractivity contribution in [3.63, 3.8) is 0 Å². The number of nitrogens with one attached hydrogen (secondary N) is 1. The van der Waals surface area contributed by atoms with Crippen LogP contribution >= 0.6 is 11.8 Å². The molecule has 7 heteroatoms. The van der Waals surface area contributed by atoms with Crippen molar-refractivity contribution in [1.29, 1.82) is 0 Å². The van der Waals surface area contributed by atoms with E-state index in [0.29, 0.717) is 5.78 Å². The lowest BCUT2D eigenvalue weighted by atomic mass is 10.3. The Morgan fingerprint density at radius 3 is 2.68 bits per heavy atom. The van der Waals surface area contributed by atoms with E-state index in [4.69, 9.17) is 0 Å². The fourth-order valence-corrected chi connectivity index (χ4v) is 3.75. The Bertz CT molecular complexity index is 1040. The smallest absolute Gasteiger partial charge is 0.240 e. The third-order valence-corrected chi connectivity index (χ3v) is 5.15. The molecule has 0 aliphatic carbocycles. The zero-order valence-corrected chi connectivity index (χ0v) is 14.7. The number of hydrogen-bond acceptors (Lipinski definition) is 4. The minimum atomic E-state index is -0.280. The summed E-state index contributed by atoms with van der Waals surface area (Å²) in [7, 11) is 1.79. The molecular weight excluding hydrogens is 334 g/mol. The lowest BCUT2D eigenvalue weighted by molar-refractivity contribution is -0.117. The van der Waals surface area contributed by atoms with Crippen LogP contribution in [0.3, 0.4) is 0 Å². The normalized spacial score (nSPS) is 12.6. The molecule has 126 valence electrons. The van der Waals surface area contributed by atoms with E-state index in [-0.39, 0.29) is 11.2 Å². The van der Waals surface area contributed by atoms with Crippen molar-refractivity contribution in [2.24, 2.45) is 0 Å². The molecule has 0 fully saturated rings. The molecule has 0 aliphatic heterocycles. The summed E-state index contributed by atoms with van der Waals surface area (Å²) in [6.45, 7) is 1.89. The van der Waals surface area contributed by atoms with Gasteiger partial charge in [-0.1, -0.05) is 42.1 Å². The lowest BCUT2D eigenvalue weighted by Gasteiger charge is -2.20. The Morgan fingerprint density at radius 2 is 1.88 bits per heavy atom. The van der Waals surface area contributed by atoms with Crippen LogP contribution in [0.1, 0.15) is 6.92 Å². The third kappa shape index (κ3) is 2.76. The molecule has 2 aromatic carbocycles. The van der Waals surface area contributed by atoms with Gasteiger partial charge in [-0.05, 0) is 31.2 Å². The summed E-state index contributed by atoms with van der Waals surface area (Å²) in [6, 6.07) is 17.5. The van der Waals surface area contributed by atoms with Gasteiger partial charge in [0.25, 0.3) is 0 Å². The van der Waals surface area contributed by atoms with Crippen LogP contribution < -0.4 is 4.90 Å². The summed E-state index contributed by atoms with van der Waals surface area (Å²) in [5.41, 5.74) is 2.75. The molecule has 2 heterocycles. The van der Waals surface area contributed by atoms with Crippen molar-refractivity contribution in [2.75, 3.05) is 11.9 Å². The van der Waals surface area contributed by atoms with Crippen LogP contribution in [0.4, 0.5) is 5.69 Å². The summed E-state index contributed by atoms with van der Waals surface area (Å²) in [4.78, 5) is 18.9. The number of thioether (sulfide) groups is 1. The van der Waals surface area contributed by atoms with E-state index in [1.165, 1.54) is 11.8 Å². The van der Waals surface area contributed by atoms with Crippen LogP contribution in [-0.4, -0.2) is 37.8 Å². The van der Waals surface area contributed by atoms with Gasteiger partial charge in [-0.3, -0.25) is 9.20 Å². The molecule has 1 atom stereocenters. The van der Waals surface area contributed by atoms with Crippen molar-refractivity contribution in [3.05, 3.63) is 54.6 Å². The summed E-state index contributed by atoms with van der Waals surface area (Å²) in [6.07, 6.45) is 0. The van der Waals surface area contributed by atoms with E-state index in [9.17, 15) is 4.79 Å². The fraction of sp³-hybridized carbons (Fsp3) is 0.167. The summed E-state index contributed by atoms with van der Waals surface area (Å²) < 4.78 is 1.95. The van der Waals surface area contributed by atoms with Gasteiger partial charge < -0.3 is 4.90 Å². The SMILES string of the molecule is C[C@H](Sc1n[nH]c2nc3ccccc3n12)C(=O)N(C)c1ccccc1. The standard InChI is InChI=1S/C18H17N5OS/c1-12(16(24)22(2)13-8-4-3-5-9-13)25-18-21-20-17-19-14-10-6-7-11-15(14)23(17)18/h3-12H,1-2H3,(H,19,20)/t12-/m0/s1. The predicted octanol–water partition coefficient (Wildman–Crippen LogP) is 3.35. The molecule has 1 N–H and O–H groups in total. The summed E-state index contributed by atoms with van der Waals surface area (Å²) in [5, 5.41) is 7.71. The second kappa shape index (κ2) is 6.25. The minimum Gasteiger partial charge on any atom is -0.315 e. The number of anilines is 1. The number of benzene rings is 2. The minimum absolute atomic E-state index is 0.0248. The first kappa shape index (κ1) is 15.7. The molecule has 25 heavy (non-hydrogen) atoms. The maximum Gasteiger partial charge on any atom is 0.240 e. The Kier molecular flexibility index (Phi) is 3.93. The first-order valence-corrected chi connectivity index (χ1v) is 8.84. The number of carbonyl (C=O) groups is 1. The van der Waals surface area contributed by atoms with E-state index < -0.39 is 0 Å². The van der Waals surface area contributed by atoms with Crippen LogP contribution in [0.5, 0.6) is 0 Å². The molecular formula is C18H17N5OS. The molecule has 4 aromatic rings. The van der Waals surface area contributed by atoms with E-state index in [0.717, 1.165) is 21.9 Å². The highest BCUT2D eigenvalue weighted by Crippen LogP contribution is 2.27. The maximum absolute atomic E-state index is 12.7. The highest BCUT2D eigenvalue weighted by atomic mass is 32.2. The molecule has 0 saturated heterocycles. The number of fused-ring (bicyclic) bond motifs is 3. The highest BCUT2D eigenvalue weighted by molar-refractivity contribution is 8.00. The topological polar surface area (TPSA) is 66.3 Å². The van der Waals surface area contributed by atoms with E-state index in [1.807, 2.05) is 65.9 Å². The zero-order valence-electron chi connectivity index (χ0n) is 13.9. The molecule has 0 radical (unpaired) electrons. The second-order valence-corrected chi connectivity index (χ2v) is 7.07. The van der Waals surface area contributed by atoms with Crippen LogP contribution in [0.15, 0.2) is 59.8 Å². The molecule has 1 amide bonds. The third-order valence-electron chi connectivity index (χ3n) is 4.11. The Labute approximate surface area is 148 Å². The van der Waals surface area contributed by atoms with Crippen LogP contribution in [0, 0.1) is 0 Å². The number of imidazole rings is 1. The molecule has 0 aliphatic rings. The Morgan fingerprint density at radius 1 is 1.16 bits per heavy atom. The van der Waals surface area contributed by atoms with Crippen molar-refractivity contribution in [3.8, 4) is 0 Å². The summed E-state index contributed by atoms with van der Waals surface area (Å²) in [5.74, 6) is 0.705. The quantitative estimate of drug-likeness (QED) is 0.573. The Balaban J connectivity index is 1.61. The van der Waals surface area contributed by atoms with Gasteiger partial charge in [-0.15, -0.1) is 5.10 Å². The number of aromatic nitrogens is 4. The maximum atomic E-state index is 12.7. The average Bonchev–Trinajstić information content (AvgIpc) is 3.21. The summed E-state index contributed by atoms with van der Waals surface area (Å²) >= 11 is 1.42. The van der Waals surface area contributed by atoms with Gasteiger partial charge in [-0.2, -0.15) is 0 Å². The Hall–Kier alpha value is -2.80. The van der Waals surface area contributed by atoms with Gasteiger partial charge in [0, 0.05) is 12.7 Å². The number of amides is 1. The molecule has 0 spiro atoms. The number of para-hydroxylation sites is 3. The fourth-order valence-electron chi connectivity index (χ4n) is 2.78. The average molecular weight is 351 g/mol. The van der Waals surface area contributed by atoms with Gasteiger partial charge >= 0.3 is 0 Å². The van der Waals surface area contributed by atoms with Gasteiger partial charge in [0.05, 0.1) is 16.3 Å². The number of H-pyrrole nitrogens is 1. The molecule has 0 unspecified atom stereocenters. The molecule has 0 bridgehead atoms.